The molecular weight excluding hydrogens is 202 g/mol. The summed E-state index contributed by atoms with van der Waals surface area (Å²) in [7, 11) is 0. The molecule has 0 amide bonds. The van der Waals surface area contributed by atoms with Crippen molar-refractivity contribution in [3.05, 3.63) is 29.3 Å². The summed E-state index contributed by atoms with van der Waals surface area (Å²) in [5.74, 6) is 0.856. The number of nitrogens with two attached hydrogens (primary N) is 1. The van der Waals surface area contributed by atoms with Crippen LogP contribution in [0.5, 0.6) is 5.75 Å². The Balaban J connectivity index is 2.58. The minimum absolute atomic E-state index is 0.0280. The molecule has 2 atom stereocenters. The van der Waals surface area contributed by atoms with Gasteiger partial charge in [0.1, 0.15) is 5.75 Å². The van der Waals surface area contributed by atoms with Crippen molar-refractivity contribution in [1.82, 2.24) is 0 Å². The maximum absolute atomic E-state index is 9.41. The van der Waals surface area contributed by atoms with Crippen molar-refractivity contribution in [2.75, 3.05) is 6.54 Å². The van der Waals surface area contributed by atoms with E-state index in [1.54, 1.807) is 0 Å². The molecule has 0 saturated heterocycles. The normalized spacial score (nSPS) is 14.6. The number of hydrogen-bond donors (Lipinski definition) is 2. The Bertz CT molecular complexity index is 318. The fourth-order valence-corrected chi connectivity index (χ4v) is 1.76. The van der Waals surface area contributed by atoms with Gasteiger partial charge in [-0.25, -0.2) is 0 Å². The average Bonchev–Trinajstić information content (AvgIpc) is 2.15. The van der Waals surface area contributed by atoms with Crippen LogP contribution in [0, 0.1) is 13.8 Å². The maximum atomic E-state index is 9.41. The zero-order chi connectivity index (χ0) is 12.1. The van der Waals surface area contributed by atoms with Gasteiger partial charge < -0.3 is 15.6 Å². The zero-order valence-corrected chi connectivity index (χ0v) is 10.2. The summed E-state index contributed by atoms with van der Waals surface area (Å²) in [6.07, 6.45) is 0.0457. The first-order chi connectivity index (χ1) is 7.51. The number of aliphatic hydroxyl groups is 1. The van der Waals surface area contributed by atoms with E-state index in [-0.39, 0.29) is 12.6 Å². The van der Waals surface area contributed by atoms with Crippen LogP contribution in [0.15, 0.2) is 18.2 Å². The Morgan fingerprint density at radius 2 is 1.81 bits per heavy atom. The highest BCUT2D eigenvalue weighted by Crippen LogP contribution is 2.18. The SMILES string of the molecule is Cc1cc(C)cc(OC(C)CC(O)CN)c1. The Morgan fingerprint density at radius 1 is 1.25 bits per heavy atom. The lowest BCUT2D eigenvalue weighted by Crippen LogP contribution is -2.26. The second kappa shape index (κ2) is 5.87. The Morgan fingerprint density at radius 3 is 2.31 bits per heavy atom. The molecule has 90 valence electrons. The number of hydrogen-bond acceptors (Lipinski definition) is 3. The van der Waals surface area contributed by atoms with Crippen LogP contribution in [0.4, 0.5) is 0 Å². The van der Waals surface area contributed by atoms with Crippen LogP contribution in [0.3, 0.4) is 0 Å². The predicted molar refractivity (Wildman–Crippen MR) is 65.7 cm³/mol. The first-order valence-corrected chi connectivity index (χ1v) is 5.64. The predicted octanol–water partition coefficient (Wildman–Crippen LogP) is 1.78. The largest absolute Gasteiger partial charge is 0.491 e. The van der Waals surface area contributed by atoms with Gasteiger partial charge in [0.05, 0.1) is 12.2 Å². The van der Waals surface area contributed by atoms with Crippen LogP contribution in [-0.2, 0) is 0 Å². The fourth-order valence-electron chi connectivity index (χ4n) is 1.76. The van der Waals surface area contributed by atoms with Crippen molar-refractivity contribution >= 4 is 0 Å². The van der Waals surface area contributed by atoms with Gasteiger partial charge >= 0.3 is 0 Å². The molecule has 16 heavy (non-hydrogen) atoms. The topological polar surface area (TPSA) is 55.5 Å². The molecule has 2 unspecified atom stereocenters. The summed E-state index contributed by atoms with van der Waals surface area (Å²) in [4.78, 5) is 0. The molecule has 0 bridgehead atoms. The number of aliphatic hydroxyl groups excluding tert-OH is 1. The first kappa shape index (κ1) is 13.0. The van der Waals surface area contributed by atoms with Gasteiger partial charge in [0.15, 0.2) is 0 Å². The Labute approximate surface area is 97.2 Å². The molecule has 3 N–H and O–H groups in total. The van der Waals surface area contributed by atoms with E-state index in [1.165, 1.54) is 11.1 Å². The van der Waals surface area contributed by atoms with Crippen LogP contribution in [0.25, 0.3) is 0 Å². The number of ether oxygens (including phenoxy) is 1. The van der Waals surface area contributed by atoms with Crippen molar-refractivity contribution in [2.45, 2.75) is 39.4 Å². The quantitative estimate of drug-likeness (QED) is 0.800. The van der Waals surface area contributed by atoms with Crippen molar-refractivity contribution in [3.63, 3.8) is 0 Å². The lowest BCUT2D eigenvalue weighted by molar-refractivity contribution is 0.108. The third-order valence-corrected chi connectivity index (χ3v) is 2.41. The van der Waals surface area contributed by atoms with E-state index in [4.69, 9.17) is 10.5 Å². The zero-order valence-electron chi connectivity index (χ0n) is 10.2. The molecule has 0 saturated carbocycles. The van der Waals surface area contributed by atoms with Crippen LogP contribution in [-0.4, -0.2) is 23.9 Å². The van der Waals surface area contributed by atoms with E-state index >= 15 is 0 Å². The molecule has 0 aromatic heterocycles. The van der Waals surface area contributed by atoms with Crippen LogP contribution >= 0.6 is 0 Å². The van der Waals surface area contributed by atoms with E-state index in [0.29, 0.717) is 6.42 Å². The maximum Gasteiger partial charge on any atom is 0.120 e. The molecule has 0 spiro atoms. The Hall–Kier alpha value is -1.06. The summed E-state index contributed by atoms with van der Waals surface area (Å²) >= 11 is 0. The molecule has 0 aliphatic carbocycles. The average molecular weight is 223 g/mol. The molecule has 1 aromatic carbocycles. The molecule has 1 aromatic rings. The second-order valence-electron chi connectivity index (χ2n) is 4.38. The van der Waals surface area contributed by atoms with E-state index in [0.717, 1.165) is 5.75 Å². The minimum Gasteiger partial charge on any atom is -0.491 e. The molecule has 0 heterocycles. The summed E-state index contributed by atoms with van der Waals surface area (Å²) in [5.41, 5.74) is 7.72. The molecular formula is C13H21NO2. The summed E-state index contributed by atoms with van der Waals surface area (Å²) < 4.78 is 5.73. The van der Waals surface area contributed by atoms with Gasteiger partial charge in [-0.1, -0.05) is 6.07 Å². The minimum atomic E-state index is -0.485. The third kappa shape index (κ3) is 4.21. The Kier molecular flexibility index (Phi) is 4.77. The van der Waals surface area contributed by atoms with Crippen LogP contribution < -0.4 is 10.5 Å². The highest BCUT2D eigenvalue weighted by Gasteiger charge is 2.10. The third-order valence-electron chi connectivity index (χ3n) is 2.41. The van der Waals surface area contributed by atoms with Crippen molar-refractivity contribution in [1.29, 1.82) is 0 Å². The molecule has 0 aliphatic rings. The fraction of sp³-hybridized carbons (Fsp3) is 0.538. The van der Waals surface area contributed by atoms with Gasteiger partial charge in [-0.3, -0.25) is 0 Å². The van der Waals surface area contributed by atoms with Crippen molar-refractivity contribution in [3.8, 4) is 5.75 Å². The van der Waals surface area contributed by atoms with Crippen LogP contribution in [0.2, 0.25) is 0 Å². The van der Waals surface area contributed by atoms with Gasteiger partial charge in [0.25, 0.3) is 0 Å². The number of aryl methyl sites for hydroxylation is 2. The van der Waals surface area contributed by atoms with Gasteiger partial charge in [-0.15, -0.1) is 0 Å². The van der Waals surface area contributed by atoms with Gasteiger partial charge in [-0.2, -0.15) is 0 Å². The molecule has 3 heteroatoms. The van der Waals surface area contributed by atoms with E-state index in [9.17, 15) is 5.11 Å². The lowest BCUT2D eigenvalue weighted by atomic mass is 10.1. The number of rotatable bonds is 5. The monoisotopic (exact) mass is 223 g/mol. The molecule has 0 aliphatic heterocycles. The molecule has 0 fully saturated rings. The van der Waals surface area contributed by atoms with Crippen LogP contribution in [0.1, 0.15) is 24.5 Å². The lowest BCUT2D eigenvalue weighted by Gasteiger charge is -2.18. The second-order valence-corrected chi connectivity index (χ2v) is 4.38. The highest BCUT2D eigenvalue weighted by atomic mass is 16.5. The highest BCUT2D eigenvalue weighted by molar-refractivity contribution is 5.33. The summed E-state index contributed by atoms with van der Waals surface area (Å²) in [5, 5.41) is 9.41. The summed E-state index contributed by atoms with van der Waals surface area (Å²) in [6, 6.07) is 6.10. The summed E-state index contributed by atoms with van der Waals surface area (Å²) in [6.45, 7) is 6.30. The van der Waals surface area contributed by atoms with Gasteiger partial charge in [-0.05, 0) is 44.0 Å². The van der Waals surface area contributed by atoms with E-state index < -0.39 is 6.10 Å². The van der Waals surface area contributed by atoms with Gasteiger partial charge in [0.2, 0.25) is 0 Å². The number of benzene rings is 1. The molecule has 0 radical (unpaired) electrons. The standard InChI is InChI=1S/C13H21NO2/c1-9-4-10(2)6-13(5-9)16-11(3)7-12(15)8-14/h4-6,11-12,15H,7-8,14H2,1-3H3. The van der Waals surface area contributed by atoms with Crippen molar-refractivity contribution < 1.29 is 9.84 Å². The van der Waals surface area contributed by atoms with Gasteiger partial charge in [0, 0.05) is 13.0 Å². The van der Waals surface area contributed by atoms with E-state index in [1.807, 2.05) is 32.9 Å². The first-order valence-electron chi connectivity index (χ1n) is 5.64. The smallest absolute Gasteiger partial charge is 0.120 e. The molecule has 3 nitrogen and oxygen atoms in total. The van der Waals surface area contributed by atoms with Crippen molar-refractivity contribution in [2.24, 2.45) is 5.73 Å². The molecule has 1 rings (SSSR count). The van der Waals surface area contributed by atoms with E-state index in [2.05, 4.69) is 6.07 Å².